The summed E-state index contributed by atoms with van der Waals surface area (Å²) < 4.78 is 90.5. The molecule has 2 rings (SSSR count). The maximum Gasteiger partial charge on any atom is 0.435 e. The van der Waals surface area contributed by atoms with Gasteiger partial charge in [0, 0.05) is 18.8 Å². The minimum Gasteiger partial charge on any atom is -0.269 e. The molecule has 0 aliphatic heterocycles. The lowest BCUT2D eigenvalue weighted by atomic mass is 10.2. The Morgan fingerprint density at radius 2 is 1.96 bits per heavy atom. The van der Waals surface area contributed by atoms with Gasteiger partial charge in [0.25, 0.3) is 0 Å². The molecule has 7 nitrogen and oxygen atoms in total. The fourth-order valence-corrected chi connectivity index (χ4v) is 3.20. The van der Waals surface area contributed by atoms with Crippen LogP contribution >= 0.6 is 0 Å². The number of hydrogen-bond donors (Lipinski definition) is 1. The lowest BCUT2D eigenvalue weighted by Gasteiger charge is -2.13. The lowest BCUT2D eigenvalue weighted by Crippen LogP contribution is -2.30. The van der Waals surface area contributed by atoms with Gasteiger partial charge in [0.2, 0.25) is 10.0 Å². The van der Waals surface area contributed by atoms with Crippen LogP contribution in [0.5, 0.6) is 0 Å². The molecule has 1 atom stereocenters. The average molecular weight is 401 g/mol. The number of nitrogens with zero attached hydrogens (tertiary/aromatic N) is 4. The first-order valence-electron chi connectivity index (χ1n) is 7.34. The van der Waals surface area contributed by atoms with E-state index in [0.29, 0.717) is 6.20 Å². The van der Waals surface area contributed by atoms with Crippen molar-refractivity contribution >= 4 is 10.0 Å². The maximum absolute atomic E-state index is 12.6. The van der Waals surface area contributed by atoms with Crippen molar-refractivity contribution in [1.82, 2.24) is 24.3 Å². The summed E-state index contributed by atoms with van der Waals surface area (Å²) in [6, 6.07) is 0.898. The maximum atomic E-state index is 12.6. The molecule has 1 unspecified atom stereocenters. The van der Waals surface area contributed by atoms with Crippen LogP contribution in [0.2, 0.25) is 0 Å². The Balaban J connectivity index is 1.99. The standard InChI is InChI=1S/C13H16F5N5O2S/c1-8(6-22-9(2)3-11(21-22)13(16,17)18)4-20-26(24,25)10-5-19-23(7-10)12(14)15/h3,5,7-8,12,20H,4,6H2,1-2H3. The van der Waals surface area contributed by atoms with Crippen molar-refractivity contribution in [3.8, 4) is 0 Å². The molecular formula is C13H16F5N5O2S. The topological polar surface area (TPSA) is 81.8 Å². The minimum absolute atomic E-state index is 0.0424. The van der Waals surface area contributed by atoms with Crippen molar-refractivity contribution in [1.29, 1.82) is 0 Å². The molecule has 0 aliphatic carbocycles. The smallest absolute Gasteiger partial charge is 0.269 e. The van der Waals surface area contributed by atoms with E-state index in [-0.39, 0.29) is 23.5 Å². The summed E-state index contributed by atoms with van der Waals surface area (Å²) in [5, 5.41) is 6.71. The summed E-state index contributed by atoms with van der Waals surface area (Å²) in [5.41, 5.74) is -0.743. The first kappa shape index (κ1) is 20.3. The number of alkyl halides is 5. The summed E-state index contributed by atoms with van der Waals surface area (Å²) in [6.45, 7) is 0.0180. The zero-order chi connectivity index (χ0) is 19.7. The van der Waals surface area contributed by atoms with Crippen LogP contribution in [0, 0.1) is 12.8 Å². The number of rotatable bonds is 7. The van der Waals surface area contributed by atoms with Gasteiger partial charge in [0.15, 0.2) is 5.69 Å². The zero-order valence-electron chi connectivity index (χ0n) is 13.7. The third kappa shape index (κ3) is 4.78. The van der Waals surface area contributed by atoms with Crippen molar-refractivity contribution < 1.29 is 30.4 Å². The fraction of sp³-hybridized carbons (Fsp3) is 0.538. The number of nitrogens with one attached hydrogen (secondary N) is 1. The molecule has 2 aromatic rings. The predicted octanol–water partition coefficient (Wildman–Crippen LogP) is 2.42. The Labute approximate surface area is 145 Å². The first-order valence-corrected chi connectivity index (χ1v) is 8.82. The molecule has 0 radical (unpaired) electrons. The molecule has 0 aromatic carbocycles. The highest BCUT2D eigenvalue weighted by Gasteiger charge is 2.34. The van der Waals surface area contributed by atoms with Crippen LogP contribution in [0.15, 0.2) is 23.4 Å². The lowest BCUT2D eigenvalue weighted by molar-refractivity contribution is -0.141. The normalized spacial score (nSPS) is 14.2. The SMILES string of the molecule is Cc1cc(C(F)(F)F)nn1CC(C)CNS(=O)(=O)c1cnn(C(F)F)c1. The first-order chi connectivity index (χ1) is 11.9. The van der Waals surface area contributed by atoms with Gasteiger partial charge < -0.3 is 0 Å². The third-order valence-electron chi connectivity index (χ3n) is 3.47. The van der Waals surface area contributed by atoms with Crippen molar-refractivity contribution in [2.75, 3.05) is 6.54 Å². The second-order valence-electron chi connectivity index (χ2n) is 5.74. The zero-order valence-corrected chi connectivity index (χ0v) is 14.5. The second-order valence-corrected chi connectivity index (χ2v) is 7.51. The van der Waals surface area contributed by atoms with Crippen LogP contribution in [0.4, 0.5) is 22.0 Å². The van der Waals surface area contributed by atoms with E-state index in [2.05, 4.69) is 14.9 Å². The van der Waals surface area contributed by atoms with Gasteiger partial charge in [0.05, 0.1) is 12.4 Å². The largest absolute Gasteiger partial charge is 0.435 e. The van der Waals surface area contributed by atoms with Gasteiger partial charge in [-0.3, -0.25) is 4.68 Å². The second kappa shape index (κ2) is 7.31. The molecule has 2 heterocycles. The van der Waals surface area contributed by atoms with E-state index >= 15 is 0 Å². The van der Waals surface area contributed by atoms with Crippen LogP contribution in [0.1, 0.15) is 24.9 Å². The Bertz CT molecular complexity index is 859. The summed E-state index contributed by atoms with van der Waals surface area (Å²) in [6.07, 6.45) is -3.09. The Hall–Kier alpha value is -2.02. The van der Waals surface area contributed by atoms with Gasteiger partial charge in [0.1, 0.15) is 4.90 Å². The highest BCUT2D eigenvalue weighted by molar-refractivity contribution is 7.89. The van der Waals surface area contributed by atoms with Gasteiger partial charge in [-0.15, -0.1) is 0 Å². The van der Waals surface area contributed by atoms with Crippen molar-refractivity contribution in [2.45, 2.75) is 38.0 Å². The molecule has 0 bridgehead atoms. The van der Waals surface area contributed by atoms with E-state index in [1.807, 2.05) is 0 Å². The summed E-state index contributed by atoms with van der Waals surface area (Å²) in [5.74, 6) is -0.408. The molecule has 0 saturated heterocycles. The van der Waals surface area contributed by atoms with E-state index in [1.54, 1.807) is 6.92 Å². The number of hydrogen-bond acceptors (Lipinski definition) is 4. The molecule has 2 aromatic heterocycles. The quantitative estimate of drug-likeness (QED) is 0.723. The van der Waals surface area contributed by atoms with E-state index in [4.69, 9.17) is 0 Å². The molecule has 0 amide bonds. The monoisotopic (exact) mass is 401 g/mol. The van der Waals surface area contributed by atoms with Crippen molar-refractivity contribution in [2.24, 2.45) is 5.92 Å². The van der Waals surface area contributed by atoms with Crippen LogP contribution in [0.3, 0.4) is 0 Å². The summed E-state index contributed by atoms with van der Waals surface area (Å²) in [4.78, 5) is -0.431. The number of aromatic nitrogens is 4. The third-order valence-corrected chi connectivity index (χ3v) is 4.84. The van der Waals surface area contributed by atoms with Gasteiger partial charge in [-0.2, -0.15) is 32.1 Å². The Morgan fingerprint density at radius 3 is 2.46 bits per heavy atom. The molecule has 146 valence electrons. The van der Waals surface area contributed by atoms with E-state index in [1.165, 1.54) is 6.92 Å². The van der Waals surface area contributed by atoms with Crippen LogP contribution in [-0.2, 0) is 22.7 Å². The van der Waals surface area contributed by atoms with Crippen LogP contribution in [0.25, 0.3) is 0 Å². The average Bonchev–Trinajstić information content (AvgIpc) is 3.13. The minimum atomic E-state index is -4.56. The van der Waals surface area contributed by atoms with Gasteiger partial charge >= 0.3 is 12.7 Å². The van der Waals surface area contributed by atoms with Gasteiger partial charge in [-0.1, -0.05) is 6.92 Å². The Kier molecular flexibility index (Phi) is 5.70. The summed E-state index contributed by atoms with van der Waals surface area (Å²) >= 11 is 0. The highest BCUT2D eigenvalue weighted by atomic mass is 32.2. The Morgan fingerprint density at radius 1 is 1.31 bits per heavy atom. The van der Waals surface area contributed by atoms with Crippen molar-refractivity contribution in [3.63, 3.8) is 0 Å². The molecule has 0 aliphatic rings. The van der Waals surface area contributed by atoms with Gasteiger partial charge in [-0.05, 0) is 18.9 Å². The summed E-state index contributed by atoms with van der Waals surface area (Å²) in [7, 11) is -4.06. The van der Waals surface area contributed by atoms with E-state index in [0.717, 1.165) is 16.9 Å². The predicted molar refractivity (Wildman–Crippen MR) is 79.8 cm³/mol. The van der Waals surface area contributed by atoms with E-state index < -0.39 is 39.3 Å². The number of aryl methyl sites for hydroxylation is 1. The molecule has 26 heavy (non-hydrogen) atoms. The molecule has 0 saturated carbocycles. The number of halogens is 5. The highest BCUT2D eigenvalue weighted by Crippen LogP contribution is 2.28. The molecule has 13 heteroatoms. The van der Waals surface area contributed by atoms with Gasteiger partial charge in [-0.25, -0.2) is 17.8 Å². The number of sulfonamides is 1. The molecule has 0 spiro atoms. The van der Waals surface area contributed by atoms with Crippen molar-refractivity contribution in [3.05, 3.63) is 29.8 Å². The van der Waals surface area contributed by atoms with Crippen LogP contribution < -0.4 is 4.72 Å². The fourth-order valence-electron chi connectivity index (χ4n) is 2.09. The van der Waals surface area contributed by atoms with Crippen LogP contribution in [-0.4, -0.2) is 34.5 Å². The molecule has 0 fully saturated rings. The van der Waals surface area contributed by atoms with E-state index in [9.17, 15) is 30.4 Å². The molecule has 1 N–H and O–H groups in total. The molecular weight excluding hydrogens is 385 g/mol.